The summed E-state index contributed by atoms with van der Waals surface area (Å²) in [6.07, 6.45) is 1.12. The second kappa shape index (κ2) is 9.84. The summed E-state index contributed by atoms with van der Waals surface area (Å²) in [5.41, 5.74) is 10.1. The van der Waals surface area contributed by atoms with Crippen LogP contribution in [0.4, 0.5) is 5.69 Å². The molecule has 0 atom stereocenters. The Morgan fingerprint density at radius 1 is 1.00 bits per heavy atom. The van der Waals surface area contributed by atoms with Crippen LogP contribution in [-0.2, 0) is 24.3 Å². The van der Waals surface area contributed by atoms with Crippen LogP contribution < -0.4 is 11.1 Å². The van der Waals surface area contributed by atoms with Crippen molar-refractivity contribution in [2.75, 3.05) is 18.8 Å². The van der Waals surface area contributed by atoms with Crippen molar-refractivity contribution in [3.8, 4) is 0 Å². The van der Waals surface area contributed by atoms with Crippen LogP contribution in [0.3, 0.4) is 0 Å². The second-order valence-electron chi connectivity index (χ2n) is 6.25. The first-order valence-corrected chi connectivity index (χ1v) is 9.02. The van der Waals surface area contributed by atoms with Gasteiger partial charge in [0.2, 0.25) is 5.91 Å². The molecule has 0 aliphatic carbocycles. The van der Waals surface area contributed by atoms with Gasteiger partial charge in [0.05, 0.1) is 0 Å². The molecule has 3 N–H and O–H groups in total. The lowest BCUT2D eigenvalue weighted by Crippen LogP contribution is -2.23. The Hall–Kier alpha value is -2.33. The molecule has 0 unspecified atom stereocenters. The molecular weight excluding hydrogens is 310 g/mol. The number of hydrogen-bond acceptors (Lipinski definition) is 3. The summed E-state index contributed by atoms with van der Waals surface area (Å²) < 4.78 is 0. The van der Waals surface area contributed by atoms with Gasteiger partial charge in [0.1, 0.15) is 0 Å². The molecule has 0 bridgehead atoms. The number of anilines is 1. The van der Waals surface area contributed by atoms with Gasteiger partial charge in [-0.2, -0.15) is 0 Å². The number of benzene rings is 2. The highest BCUT2D eigenvalue weighted by Gasteiger charge is 2.05. The molecule has 25 heavy (non-hydrogen) atoms. The summed E-state index contributed by atoms with van der Waals surface area (Å²) in [6.45, 7) is 8.00. The van der Waals surface area contributed by atoms with Gasteiger partial charge < -0.3 is 11.1 Å². The van der Waals surface area contributed by atoms with Gasteiger partial charge in [-0.25, -0.2) is 0 Å². The molecule has 0 heterocycles. The van der Waals surface area contributed by atoms with E-state index in [1.807, 2.05) is 24.3 Å². The van der Waals surface area contributed by atoms with Crippen LogP contribution in [0, 0.1) is 0 Å². The molecule has 0 aliphatic heterocycles. The average molecular weight is 339 g/mol. The van der Waals surface area contributed by atoms with E-state index in [1.54, 1.807) is 0 Å². The number of carbonyl (C=O) groups is 1. The van der Waals surface area contributed by atoms with Crippen LogP contribution in [0.25, 0.3) is 0 Å². The second-order valence-corrected chi connectivity index (χ2v) is 6.25. The highest BCUT2D eigenvalue weighted by molar-refractivity contribution is 5.76. The highest BCUT2D eigenvalue weighted by atomic mass is 16.1. The zero-order valence-electron chi connectivity index (χ0n) is 15.3. The Labute approximate surface area is 151 Å². The van der Waals surface area contributed by atoms with Crippen molar-refractivity contribution in [1.29, 1.82) is 0 Å². The molecule has 0 aliphatic rings. The highest BCUT2D eigenvalue weighted by Crippen LogP contribution is 2.12. The van der Waals surface area contributed by atoms with Gasteiger partial charge in [-0.15, -0.1) is 0 Å². The predicted octanol–water partition coefficient (Wildman–Crippen LogP) is 3.36. The van der Waals surface area contributed by atoms with Crippen molar-refractivity contribution in [2.45, 2.75) is 39.8 Å². The summed E-state index contributed by atoms with van der Waals surface area (Å²) in [4.78, 5) is 14.4. The SMILES string of the molecule is CCN(CC)Cc1ccc(CNC(=O)CCc2ccccc2N)cc1. The van der Waals surface area contributed by atoms with Crippen LogP contribution in [0.1, 0.15) is 37.0 Å². The van der Waals surface area contributed by atoms with Crippen molar-refractivity contribution in [3.63, 3.8) is 0 Å². The number of nitrogens with zero attached hydrogens (tertiary/aromatic N) is 1. The van der Waals surface area contributed by atoms with E-state index in [1.165, 1.54) is 5.56 Å². The molecule has 2 rings (SSSR count). The van der Waals surface area contributed by atoms with Gasteiger partial charge in [0, 0.05) is 25.2 Å². The van der Waals surface area contributed by atoms with Gasteiger partial charge in [0.25, 0.3) is 0 Å². The first-order chi connectivity index (χ1) is 12.1. The fourth-order valence-corrected chi connectivity index (χ4v) is 2.77. The minimum Gasteiger partial charge on any atom is -0.399 e. The molecule has 0 saturated carbocycles. The summed E-state index contributed by atoms with van der Waals surface area (Å²) in [5, 5.41) is 2.98. The van der Waals surface area contributed by atoms with E-state index in [0.29, 0.717) is 19.4 Å². The first kappa shape index (κ1) is 19.0. The van der Waals surface area contributed by atoms with E-state index in [4.69, 9.17) is 5.73 Å². The molecule has 4 heteroatoms. The lowest BCUT2D eigenvalue weighted by Gasteiger charge is -2.18. The van der Waals surface area contributed by atoms with E-state index in [0.717, 1.165) is 36.4 Å². The summed E-state index contributed by atoms with van der Waals surface area (Å²) >= 11 is 0. The Kier molecular flexibility index (Phi) is 7.48. The smallest absolute Gasteiger partial charge is 0.220 e. The molecular formula is C21H29N3O. The molecule has 0 aromatic heterocycles. The van der Waals surface area contributed by atoms with Gasteiger partial charge in [-0.05, 0) is 42.3 Å². The lowest BCUT2D eigenvalue weighted by atomic mass is 10.1. The third-order valence-electron chi connectivity index (χ3n) is 4.49. The molecule has 0 radical (unpaired) electrons. The van der Waals surface area contributed by atoms with Crippen LogP contribution in [0.2, 0.25) is 0 Å². The average Bonchev–Trinajstić information content (AvgIpc) is 2.64. The number of hydrogen-bond donors (Lipinski definition) is 2. The van der Waals surface area contributed by atoms with Crippen LogP contribution in [0.15, 0.2) is 48.5 Å². The maximum absolute atomic E-state index is 12.0. The van der Waals surface area contributed by atoms with E-state index < -0.39 is 0 Å². The standard InChI is InChI=1S/C21H29N3O/c1-3-24(4-2)16-18-11-9-17(10-12-18)15-23-21(25)14-13-19-7-5-6-8-20(19)22/h5-12H,3-4,13-16,22H2,1-2H3,(H,23,25). The molecule has 0 saturated heterocycles. The predicted molar refractivity (Wildman–Crippen MR) is 104 cm³/mol. The minimum atomic E-state index is 0.0514. The van der Waals surface area contributed by atoms with E-state index in [-0.39, 0.29) is 5.91 Å². The molecule has 1 amide bonds. The number of nitrogens with two attached hydrogens (primary N) is 1. The van der Waals surface area contributed by atoms with Crippen molar-refractivity contribution in [1.82, 2.24) is 10.2 Å². The molecule has 2 aromatic carbocycles. The molecule has 134 valence electrons. The Morgan fingerprint density at radius 3 is 2.28 bits per heavy atom. The van der Waals surface area contributed by atoms with E-state index >= 15 is 0 Å². The number of nitrogens with one attached hydrogen (secondary N) is 1. The van der Waals surface area contributed by atoms with Crippen molar-refractivity contribution in [3.05, 3.63) is 65.2 Å². The number of rotatable bonds is 9. The fourth-order valence-electron chi connectivity index (χ4n) is 2.77. The normalized spacial score (nSPS) is 10.8. The molecule has 4 nitrogen and oxygen atoms in total. The molecule has 0 fully saturated rings. The summed E-state index contributed by atoms with van der Waals surface area (Å²) in [7, 11) is 0. The summed E-state index contributed by atoms with van der Waals surface area (Å²) in [5.74, 6) is 0.0514. The van der Waals surface area contributed by atoms with Crippen molar-refractivity contribution >= 4 is 11.6 Å². The van der Waals surface area contributed by atoms with E-state index in [2.05, 4.69) is 48.3 Å². The number of nitrogen functional groups attached to an aromatic ring is 1. The lowest BCUT2D eigenvalue weighted by molar-refractivity contribution is -0.121. The molecule has 2 aromatic rings. The maximum Gasteiger partial charge on any atom is 0.220 e. The summed E-state index contributed by atoms with van der Waals surface area (Å²) in [6, 6.07) is 16.2. The number of carbonyl (C=O) groups excluding carboxylic acids is 1. The zero-order chi connectivity index (χ0) is 18.1. The third kappa shape index (κ3) is 6.24. The zero-order valence-corrected chi connectivity index (χ0v) is 15.3. The van der Waals surface area contributed by atoms with Crippen molar-refractivity contribution < 1.29 is 4.79 Å². The first-order valence-electron chi connectivity index (χ1n) is 9.02. The Morgan fingerprint density at radius 2 is 1.64 bits per heavy atom. The van der Waals surface area contributed by atoms with Gasteiger partial charge in [-0.3, -0.25) is 9.69 Å². The fraction of sp³-hybridized carbons (Fsp3) is 0.381. The quantitative estimate of drug-likeness (QED) is 0.689. The van der Waals surface area contributed by atoms with Gasteiger partial charge in [0.15, 0.2) is 0 Å². The largest absolute Gasteiger partial charge is 0.399 e. The van der Waals surface area contributed by atoms with Crippen LogP contribution in [-0.4, -0.2) is 23.9 Å². The van der Waals surface area contributed by atoms with Crippen molar-refractivity contribution in [2.24, 2.45) is 0 Å². The van der Waals surface area contributed by atoms with Gasteiger partial charge in [-0.1, -0.05) is 56.3 Å². The third-order valence-corrected chi connectivity index (χ3v) is 4.49. The topological polar surface area (TPSA) is 58.4 Å². The number of para-hydroxylation sites is 1. The van der Waals surface area contributed by atoms with E-state index in [9.17, 15) is 4.79 Å². The number of amides is 1. The Balaban J connectivity index is 1.77. The van der Waals surface area contributed by atoms with Crippen LogP contribution in [0.5, 0.6) is 0 Å². The monoisotopic (exact) mass is 339 g/mol. The minimum absolute atomic E-state index is 0.0514. The van der Waals surface area contributed by atoms with Crippen LogP contribution >= 0.6 is 0 Å². The maximum atomic E-state index is 12.0. The van der Waals surface area contributed by atoms with Gasteiger partial charge >= 0.3 is 0 Å². The molecule has 0 spiro atoms. The Bertz CT molecular complexity index is 663. The number of aryl methyl sites for hydroxylation is 1.